The van der Waals surface area contributed by atoms with Crippen molar-refractivity contribution < 1.29 is 8.42 Å². The van der Waals surface area contributed by atoms with Gasteiger partial charge in [-0.15, -0.1) is 10.2 Å². The van der Waals surface area contributed by atoms with E-state index < -0.39 is 10.0 Å². The normalized spacial score (nSPS) is 17.2. The van der Waals surface area contributed by atoms with Gasteiger partial charge in [-0.3, -0.25) is 4.40 Å². The lowest BCUT2D eigenvalue weighted by atomic mass is 9.91. The molecule has 4 rings (SSSR count). The number of pyridine rings is 1. The SMILES string of the molecule is CCN(CC)S(=O)(=O)c1ccc2nnc(S[C@H]3CCCc4ccccc43)n2c1. The molecule has 148 valence electrons. The second-order valence-electron chi connectivity index (χ2n) is 6.86. The minimum Gasteiger partial charge on any atom is -0.276 e. The summed E-state index contributed by atoms with van der Waals surface area (Å²) in [7, 11) is -3.52. The Labute approximate surface area is 170 Å². The van der Waals surface area contributed by atoms with E-state index in [4.69, 9.17) is 0 Å². The molecule has 1 aliphatic rings. The maximum atomic E-state index is 12.9. The topological polar surface area (TPSA) is 67.6 Å². The fourth-order valence-corrected chi connectivity index (χ4v) is 6.46. The van der Waals surface area contributed by atoms with Crippen molar-refractivity contribution in [1.29, 1.82) is 0 Å². The molecule has 0 N–H and O–H groups in total. The van der Waals surface area contributed by atoms with Gasteiger partial charge in [-0.1, -0.05) is 49.9 Å². The predicted molar refractivity (Wildman–Crippen MR) is 111 cm³/mol. The molecule has 0 saturated heterocycles. The minimum atomic E-state index is -3.52. The first-order valence-electron chi connectivity index (χ1n) is 9.64. The number of fused-ring (bicyclic) bond motifs is 2. The fraction of sp³-hybridized carbons (Fsp3) is 0.400. The summed E-state index contributed by atoms with van der Waals surface area (Å²) in [6, 6.07) is 11.9. The van der Waals surface area contributed by atoms with E-state index in [1.54, 1.807) is 34.5 Å². The molecule has 0 saturated carbocycles. The average molecular weight is 417 g/mol. The van der Waals surface area contributed by atoms with Crippen LogP contribution in [-0.2, 0) is 16.4 Å². The van der Waals surface area contributed by atoms with Gasteiger partial charge < -0.3 is 0 Å². The summed E-state index contributed by atoms with van der Waals surface area (Å²) in [6.45, 7) is 4.58. The summed E-state index contributed by atoms with van der Waals surface area (Å²) >= 11 is 1.66. The van der Waals surface area contributed by atoms with Crippen LogP contribution in [0.1, 0.15) is 43.1 Å². The molecular formula is C20H24N4O2S2. The van der Waals surface area contributed by atoms with Crippen LogP contribution in [0.3, 0.4) is 0 Å². The third-order valence-electron chi connectivity index (χ3n) is 5.25. The van der Waals surface area contributed by atoms with Crippen molar-refractivity contribution in [2.24, 2.45) is 0 Å². The molecule has 0 unspecified atom stereocenters. The molecule has 8 heteroatoms. The van der Waals surface area contributed by atoms with E-state index in [9.17, 15) is 8.42 Å². The predicted octanol–water partition coefficient (Wildman–Crippen LogP) is 3.93. The summed E-state index contributed by atoms with van der Waals surface area (Å²) in [5.74, 6) is 0. The molecule has 0 fully saturated rings. The molecule has 3 aromatic rings. The molecule has 1 aliphatic carbocycles. The highest BCUT2D eigenvalue weighted by atomic mass is 32.2. The standard InChI is InChI=1S/C20H24N4O2S2/c1-3-23(4-2)28(25,26)16-12-13-19-21-22-20(24(19)14-16)27-18-11-7-9-15-8-5-6-10-17(15)18/h5-6,8,10,12-14,18H,3-4,7,9,11H2,1-2H3/t18-/m0/s1. The molecular weight excluding hydrogens is 392 g/mol. The van der Waals surface area contributed by atoms with Gasteiger partial charge >= 0.3 is 0 Å². The Morgan fingerprint density at radius 1 is 1.14 bits per heavy atom. The Bertz CT molecular complexity index is 1090. The first-order chi connectivity index (χ1) is 13.5. The van der Waals surface area contributed by atoms with Crippen LogP contribution in [0.2, 0.25) is 0 Å². The summed E-state index contributed by atoms with van der Waals surface area (Å²) in [4.78, 5) is 0.273. The number of sulfonamides is 1. The second kappa shape index (κ2) is 7.85. The maximum Gasteiger partial charge on any atom is 0.244 e. The molecule has 28 heavy (non-hydrogen) atoms. The van der Waals surface area contributed by atoms with Crippen LogP contribution in [0.15, 0.2) is 52.6 Å². The zero-order valence-corrected chi connectivity index (χ0v) is 17.7. The van der Waals surface area contributed by atoms with E-state index >= 15 is 0 Å². The highest BCUT2D eigenvalue weighted by Crippen LogP contribution is 2.42. The Kier molecular flexibility index (Phi) is 5.44. The lowest BCUT2D eigenvalue weighted by molar-refractivity contribution is 0.445. The molecule has 0 amide bonds. The van der Waals surface area contributed by atoms with E-state index in [0.29, 0.717) is 24.0 Å². The molecule has 0 bridgehead atoms. The highest BCUT2D eigenvalue weighted by molar-refractivity contribution is 7.99. The van der Waals surface area contributed by atoms with E-state index in [0.717, 1.165) is 24.4 Å². The largest absolute Gasteiger partial charge is 0.276 e. The number of aryl methyl sites for hydroxylation is 1. The van der Waals surface area contributed by atoms with Crippen molar-refractivity contribution in [2.75, 3.05) is 13.1 Å². The Morgan fingerprint density at radius 3 is 2.71 bits per heavy atom. The lowest BCUT2D eigenvalue weighted by Gasteiger charge is -2.24. The van der Waals surface area contributed by atoms with Gasteiger partial charge in [-0.05, 0) is 42.5 Å². The van der Waals surface area contributed by atoms with E-state index in [2.05, 4.69) is 34.5 Å². The summed E-state index contributed by atoms with van der Waals surface area (Å²) in [6.07, 6.45) is 4.99. The van der Waals surface area contributed by atoms with Crippen LogP contribution in [0.4, 0.5) is 0 Å². The quantitative estimate of drug-likeness (QED) is 0.609. The van der Waals surface area contributed by atoms with Crippen molar-refractivity contribution in [1.82, 2.24) is 18.9 Å². The summed E-state index contributed by atoms with van der Waals surface area (Å²) in [5.41, 5.74) is 3.40. The average Bonchev–Trinajstić information content (AvgIpc) is 3.11. The van der Waals surface area contributed by atoms with Crippen LogP contribution in [0.5, 0.6) is 0 Å². The van der Waals surface area contributed by atoms with Crippen molar-refractivity contribution >= 4 is 27.4 Å². The first-order valence-corrected chi connectivity index (χ1v) is 12.0. The molecule has 6 nitrogen and oxygen atoms in total. The van der Waals surface area contributed by atoms with Gasteiger partial charge in [0.1, 0.15) is 0 Å². The van der Waals surface area contributed by atoms with E-state index in [-0.39, 0.29) is 4.90 Å². The monoisotopic (exact) mass is 416 g/mol. The van der Waals surface area contributed by atoms with Crippen LogP contribution < -0.4 is 0 Å². The highest BCUT2D eigenvalue weighted by Gasteiger charge is 2.25. The zero-order chi connectivity index (χ0) is 19.7. The molecule has 1 aromatic carbocycles. The zero-order valence-electron chi connectivity index (χ0n) is 16.1. The fourth-order valence-electron chi connectivity index (χ4n) is 3.75. The number of hydrogen-bond donors (Lipinski definition) is 0. The number of thioether (sulfide) groups is 1. The van der Waals surface area contributed by atoms with Crippen molar-refractivity contribution in [3.63, 3.8) is 0 Å². The minimum absolute atomic E-state index is 0.273. The third kappa shape index (κ3) is 3.44. The van der Waals surface area contributed by atoms with E-state index in [1.807, 2.05) is 13.8 Å². The van der Waals surface area contributed by atoms with Crippen LogP contribution in [0.25, 0.3) is 5.65 Å². The second-order valence-corrected chi connectivity index (χ2v) is 9.97. The van der Waals surface area contributed by atoms with Crippen molar-refractivity contribution in [3.8, 4) is 0 Å². The number of nitrogens with zero attached hydrogens (tertiary/aromatic N) is 4. The molecule has 1 atom stereocenters. The van der Waals surface area contributed by atoms with Crippen LogP contribution in [0, 0.1) is 0 Å². The summed E-state index contributed by atoms with van der Waals surface area (Å²) < 4.78 is 29.0. The van der Waals surface area contributed by atoms with Gasteiger partial charge in [-0.25, -0.2) is 8.42 Å². The van der Waals surface area contributed by atoms with Gasteiger partial charge in [0, 0.05) is 24.5 Å². The smallest absolute Gasteiger partial charge is 0.244 e. The lowest BCUT2D eigenvalue weighted by Crippen LogP contribution is -2.30. The van der Waals surface area contributed by atoms with Gasteiger partial charge in [0.05, 0.1) is 4.90 Å². The van der Waals surface area contributed by atoms with Crippen molar-refractivity contribution in [3.05, 3.63) is 53.7 Å². The number of benzene rings is 1. The molecule has 0 spiro atoms. The van der Waals surface area contributed by atoms with Gasteiger partial charge in [0.2, 0.25) is 10.0 Å². The first kappa shape index (κ1) is 19.4. The third-order valence-corrected chi connectivity index (χ3v) is 8.55. The maximum absolute atomic E-state index is 12.9. The van der Waals surface area contributed by atoms with Gasteiger partial charge in [-0.2, -0.15) is 4.31 Å². The molecule has 2 aromatic heterocycles. The van der Waals surface area contributed by atoms with Crippen LogP contribution >= 0.6 is 11.8 Å². The molecule has 0 radical (unpaired) electrons. The van der Waals surface area contributed by atoms with E-state index in [1.165, 1.54) is 15.4 Å². The molecule has 0 aliphatic heterocycles. The van der Waals surface area contributed by atoms with Crippen LogP contribution in [-0.4, -0.2) is 40.4 Å². The van der Waals surface area contributed by atoms with Crippen molar-refractivity contribution in [2.45, 2.75) is 48.4 Å². The van der Waals surface area contributed by atoms with Gasteiger partial charge in [0.25, 0.3) is 0 Å². The number of hydrogen-bond acceptors (Lipinski definition) is 5. The Morgan fingerprint density at radius 2 is 1.93 bits per heavy atom. The molecule has 2 heterocycles. The number of rotatable bonds is 6. The Hall–Kier alpha value is -1.90. The summed E-state index contributed by atoms with van der Waals surface area (Å²) in [5, 5.41) is 9.61. The number of aromatic nitrogens is 3. The van der Waals surface area contributed by atoms with Gasteiger partial charge in [0.15, 0.2) is 10.8 Å². The Balaban J connectivity index is 1.70.